The van der Waals surface area contributed by atoms with Crippen molar-refractivity contribution in [2.24, 2.45) is 0 Å². The number of furan rings is 2. The lowest BCUT2D eigenvalue weighted by Gasteiger charge is -2.19. The fourth-order valence-electron chi connectivity index (χ4n) is 9.05. The molecule has 0 unspecified atom stereocenters. The summed E-state index contributed by atoms with van der Waals surface area (Å²) in [7, 11) is 0. The van der Waals surface area contributed by atoms with Gasteiger partial charge in [0, 0.05) is 16.2 Å². The summed E-state index contributed by atoms with van der Waals surface area (Å²) in [6.07, 6.45) is 0. The van der Waals surface area contributed by atoms with Gasteiger partial charge in [0.25, 0.3) is 0 Å². The number of hydrogen-bond donors (Lipinski definition) is 0. The maximum atomic E-state index is 6.62. The Morgan fingerprint density at radius 3 is 1.56 bits per heavy atom. The van der Waals surface area contributed by atoms with E-state index in [2.05, 4.69) is 182 Å². The predicted molar refractivity (Wildman–Crippen MR) is 227 cm³/mol. The maximum absolute atomic E-state index is 6.62. The Kier molecular flexibility index (Phi) is 6.09. The van der Waals surface area contributed by atoms with E-state index in [1.807, 2.05) is 0 Å². The molecule has 0 spiro atoms. The summed E-state index contributed by atoms with van der Waals surface area (Å²) in [5.74, 6) is 0. The molecule has 12 rings (SSSR count). The summed E-state index contributed by atoms with van der Waals surface area (Å²) in [6, 6.07) is 65.6. The zero-order chi connectivity index (χ0) is 35.3. The second-order valence-corrected chi connectivity index (χ2v) is 14.3. The third-order valence-electron chi connectivity index (χ3n) is 11.5. The van der Waals surface area contributed by atoms with Gasteiger partial charge in [0.15, 0.2) is 0 Å². The van der Waals surface area contributed by atoms with Crippen LogP contribution >= 0.6 is 0 Å². The van der Waals surface area contributed by atoms with Crippen LogP contribution in [0.25, 0.3) is 120 Å². The van der Waals surface area contributed by atoms with Crippen LogP contribution in [0.3, 0.4) is 0 Å². The summed E-state index contributed by atoms with van der Waals surface area (Å²) in [6.45, 7) is 0. The first kappa shape index (κ1) is 29.4. The highest BCUT2D eigenvalue weighted by Gasteiger charge is 2.20. The molecular weight excluding hydrogens is 657 g/mol. The van der Waals surface area contributed by atoms with Crippen molar-refractivity contribution < 1.29 is 8.83 Å². The van der Waals surface area contributed by atoms with E-state index in [9.17, 15) is 0 Å². The average Bonchev–Trinajstić information content (AvgIpc) is 3.81. The van der Waals surface area contributed by atoms with Crippen LogP contribution in [0, 0.1) is 0 Å². The topological polar surface area (TPSA) is 26.3 Å². The van der Waals surface area contributed by atoms with Crippen molar-refractivity contribution >= 4 is 87.0 Å². The number of rotatable bonds is 3. The smallest absolute Gasteiger partial charge is 0.147 e. The molecule has 12 aromatic rings. The summed E-state index contributed by atoms with van der Waals surface area (Å²) in [4.78, 5) is 0. The SMILES string of the molecule is c1ccc2c(-c3c4ccccc4c(-c4ccc(-c5ccc6oc7ccc8c(oc9ccc%10ccccc%10c98)c7c6c5)cc4)c4ccccc34)cccc2c1. The van der Waals surface area contributed by atoms with Gasteiger partial charge in [-0.05, 0) is 107 Å². The van der Waals surface area contributed by atoms with Gasteiger partial charge in [-0.2, -0.15) is 0 Å². The minimum Gasteiger partial charge on any atom is -0.456 e. The molecule has 0 bridgehead atoms. The molecule has 0 atom stereocenters. The molecule has 0 aliphatic heterocycles. The lowest BCUT2D eigenvalue weighted by molar-refractivity contribution is 0.663. The van der Waals surface area contributed by atoms with Crippen molar-refractivity contribution in [2.45, 2.75) is 0 Å². The number of fused-ring (bicyclic) bond motifs is 12. The van der Waals surface area contributed by atoms with Gasteiger partial charge >= 0.3 is 0 Å². The number of benzene rings is 10. The molecule has 0 saturated carbocycles. The molecule has 0 fully saturated rings. The Labute approximate surface area is 310 Å². The van der Waals surface area contributed by atoms with E-state index >= 15 is 0 Å². The van der Waals surface area contributed by atoms with Gasteiger partial charge < -0.3 is 8.83 Å². The van der Waals surface area contributed by atoms with Crippen LogP contribution < -0.4 is 0 Å². The highest BCUT2D eigenvalue weighted by molar-refractivity contribution is 6.27. The highest BCUT2D eigenvalue weighted by atomic mass is 16.3. The van der Waals surface area contributed by atoms with Crippen molar-refractivity contribution in [3.05, 3.63) is 182 Å². The minimum atomic E-state index is 0.832. The molecule has 10 aromatic carbocycles. The van der Waals surface area contributed by atoms with E-state index in [-0.39, 0.29) is 0 Å². The Morgan fingerprint density at radius 2 is 0.815 bits per heavy atom. The zero-order valence-corrected chi connectivity index (χ0v) is 29.1. The molecule has 0 aliphatic rings. The molecule has 0 N–H and O–H groups in total. The Balaban J connectivity index is 1.02. The van der Waals surface area contributed by atoms with Gasteiger partial charge in [0.05, 0.1) is 5.39 Å². The average molecular weight is 687 g/mol. The summed E-state index contributed by atoms with van der Waals surface area (Å²) in [5, 5.41) is 14.3. The van der Waals surface area contributed by atoms with Crippen LogP contribution in [0.1, 0.15) is 0 Å². The second-order valence-electron chi connectivity index (χ2n) is 14.3. The Bertz CT molecular complexity index is 3430. The van der Waals surface area contributed by atoms with E-state index in [0.29, 0.717) is 0 Å². The Morgan fingerprint density at radius 1 is 0.278 bits per heavy atom. The van der Waals surface area contributed by atoms with E-state index in [0.717, 1.165) is 55.0 Å². The first-order chi connectivity index (χ1) is 26.8. The largest absolute Gasteiger partial charge is 0.456 e. The van der Waals surface area contributed by atoms with Crippen LogP contribution in [0.5, 0.6) is 0 Å². The first-order valence-electron chi connectivity index (χ1n) is 18.5. The van der Waals surface area contributed by atoms with E-state index in [1.54, 1.807) is 0 Å². The third kappa shape index (κ3) is 4.17. The van der Waals surface area contributed by atoms with E-state index in [4.69, 9.17) is 8.83 Å². The molecule has 54 heavy (non-hydrogen) atoms. The fraction of sp³-hybridized carbons (Fsp3) is 0. The van der Waals surface area contributed by atoms with Gasteiger partial charge in [-0.15, -0.1) is 0 Å². The van der Waals surface area contributed by atoms with Crippen molar-refractivity contribution in [3.8, 4) is 33.4 Å². The second kappa shape index (κ2) is 11.2. The van der Waals surface area contributed by atoms with Gasteiger partial charge in [-0.25, -0.2) is 0 Å². The standard InChI is InChI=1S/C52H30O2/c1-3-13-36-32(10-1)12-9-19-38(36)49-41-17-7-5-15-39(41)48(40-16-6-8-18-42(40)49)34-22-20-31(21-23-34)35-25-27-45-44(30-35)51-47(53-45)29-26-43-50-37-14-4-2-11-33(37)24-28-46(50)54-52(43)51/h1-30H. The van der Waals surface area contributed by atoms with Crippen LogP contribution in [0.2, 0.25) is 0 Å². The normalized spacial score (nSPS) is 12.1. The van der Waals surface area contributed by atoms with Gasteiger partial charge in [-0.1, -0.05) is 152 Å². The molecular formula is C52H30O2. The fourth-order valence-corrected chi connectivity index (χ4v) is 9.05. The monoisotopic (exact) mass is 686 g/mol. The maximum Gasteiger partial charge on any atom is 0.147 e. The zero-order valence-electron chi connectivity index (χ0n) is 29.1. The molecule has 2 heteroatoms. The van der Waals surface area contributed by atoms with E-state index < -0.39 is 0 Å². The molecule has 2 aromatic heterocycles. The van der Waals surface area contributed by atoms with Crippen LogP contribution in [-0.2, 0) is 0 Å². The van der Waals surface area contributed by atoms with Gasteiger partial charge in [0.2, 0.25) is 0 Å². The van der Waals surface area contributed by atoms with Crippen LogP contribution in [-0.4, -0.2) is 0 Å². The molecule has 0 amide bonds. The minimum absolute atomic E-state index is 0.832. The lowest BCUT2D eigenvalue weighted by atomic mass is 9.84. The lowest BCUT2D eigenvalue weighted by Crippen LogP contribution is -1.91. The molecule has 0 aliphatic carbocycles. The predicted octanol–water partition coefficient (Wildman–Crippen LogP) is 15.1. The molecule has 2 heterocycles. The van der Waals surface area contributed by atoms with Crippen molar-refractivity contribution in [1.82, 2.24) is 0 Å². The highest BCUT2D eigenvalue weighted by Crippen LogP contribution is 2.46. The number of hydrogen-bond acceptors (Lipinski definition) is 2. The first-order valence-corrected chi connectivity index (χ1v) is 18.5. The van der Waals surface area contributed by atoms with Crippen molar-refractivity contribution in [1.29, 1.82) is 0 Å². The molecule has 0 radical (unpaired) electrons. The van der Waals surface area contributed by atoms with Crippen LogP contribution in [0.4, 0.5) is 0 Å². The molecule has 2 nitrogen and oxygen atoms in total. The third-order valence-corrected chi connectivity index (χ3v) is 11.5. The quantitative estimate of drug-likeness (QED) is 0.173. The summed E-state index contributed by atoms with van der Waals surface area (Å²) >= 11 is 0. The van der Waals surface area contributed by atoms with Crippen molar-refractivity contribution in [3.63, 3.8) is 0 Å². The van der Waals surface area contributed by atoms with Gasteiger partial charge in [-0.3, -0.25) is 0 Å². The Hall–Kier alpha value is -7.16. The van der Waals surface area contributed by atoms with Crippen molar-refractivity contribution in [2.75, 3.05) is 0 Å². The van der Waals surface area contributed by atoms with E-state index in [1.165, 1.54) is 65.3 Å². The molecule has 250 valence electrons. The summed E-state index contributed by atoms with van der Waals surface area (Å²) in [5.41, 5.74) is 10.7. The molecule has 0 saturated heterocycles. The summed E-state index contributed by atoms with van der Waals surface area (Å²) < 4.78 is 13.0. The van der Waals surface area contributed by atoms with Gasteiger partial charge in [0.1, 0.15) is 22.3 Å². The van der Waals surface area contributed by atoms with Crippen LogP contribution in [0.15, 0.2) is 191 Å².